The van der Waals surface area contributed by atoms with E-state index in [0.29, 0.717) is 12.5 Å². The van der Waals surface area contributed by atoms with Crippen LogP contribution in [0, 0.1) is 5.92 Å². The fraction of sp³-hybridized carbons (Fsp3) is 1.00. The molecule has 2 rings (SSSR count). The summed E-state index contributed by atoms with van der Waals surface area (Å²) >= 11 is 0. The van der Waals surface area contributed by atoms with Gasteiger partial charge in [-0.25, -0.2) is 0 Å². The Balaban J connectivity index is 1.95. The Bertz CT molecular complexity index is 379. The zero-order chi connectivity index (χ0) is 13.9. The van der Waals surface area contributed by atoms with Crippen LogP contribution >= 0.6 is 0 Å². The van der Waals surface area contributed by atoms with E-state index in [4.69, 9.17) is 0 Å². The lowest BCUT2D eigenvalue weighted by atomic mass is 9.94. The minimum absolute atomic E-state index is 0.00641. The van der Waals surface area contributed by atoms with Gasteiger partial charge in [-0.05, 0) is 58.5 Å². The van der Waals surface area contributed by atoms with Gasteiger partial charge in [0.05, 0.1) is 0 Å². The summed E-state index contributed by atoms with van der Waals surface area (Å²) in [4.78, 5) is 0. The van der Waals surface area contributed by atoms with Crippen molar-refractivity contribution in [3.63, 3.8) is 0 Å². The van der Waals surface area contributed by atoms with Gasteiger partial charge in [0.25, 0.3) is 10.2 Å². The van der Waals surface area contributed by atoms with Crippen LogP contribution in [0.25, 0.3) is 0 Å². The van der Waals surface area contributed by atoms with Crippen LogP contribution in [0.15, 0.2) is 0 Å². The van der Waals surface area contributed by atoms with Crippen LogP contribution in [0.1, 0.15) is 46.0 Å². The predicted molar refractivity (Wildman–Crippen MR) is 77.1 cm³/mol. The van der Waals surface area contributed by atoms with E-state index in [1.807, 2.05) is 13.8 Å². The average Bonchev–Trinajstić information content (AvgIpc) is 2.39. The van der Waals surface area contributed by atoms with Crippen LogP contribution in [0.3, 0.4) is 0 Å². The van der Waals surface area contributed by atoms with E-state index in [-0.39, 0.29) is 12.1 Å². The van der Waals surface area contributed by atoms with E-state index in [0.717, 1.165) is 45.2 Å². The Labute approximate surface area is 117 Å². The molecule has 0 bridgehead atoms. The van der Waals surface area contributed by atoms with Crippen molar-refractivity contribution in [2.45, 2.75) is 58.0 Å². The maximum absolute atomic E-state index is 12.4. The van der Waals surface area contributed by atoms with E-state index < -0.39 is 10.2 Å². The molecule has 2 heterocycles. The first-order valence-corrected chi connectivity index (χ1v) is 8.94. The van der Waals surface area contributed by atoms with Gasteiger partial charge in [-0.2, -0.15) is 17.4 Å². The minimum Gasteiger partial charge on any atom is -0.316 e. The van der Waals surface area contributed by atoms with Crippen molar-refractivity contribution in [2.24, 2.45) is 5.92 Å². The predicted octanol–water partition coefficient (Wildman–Crippen LogP) is 1.08. The van der Waals surface area contributed by atoms with Gasteiger partial charge in [-0.15, -0.1) is 0 Å². The van der Waals surface area contributed by atoms with Crippen molar-refractivity contribution in [3.05, 3.63) is 0 Å². The highest BCUT2D eigenvalue weighted by Crippen LogP contribution is 2.21. The minimum atomic E-state index is -3.33. The Morgan fingerprint density at radius 2 is 2.05 bits per heavy atom. The Morgan fingerprint density at radius 1 is 1.26 bits per heavy atom. The van der Waals surface area contributed by atoms with Gasteiger partial charge >= 0.3 is 0 Å². The van der Waals surface area contributed by atoms with Crippen LogP contribution in [-0.2, 0) is 10.2 Å². The van der Waals surface area contributed by atoms with Crippen LogP contribution in [0.4, 0.5) is 0 Å². The van der Waals surface area contributed by atoms with Gasteiger partial charge in [0, 0.05) is 18.6 Å². The van der Waals surface area contributed by atoms with Crippen LogP contribution < -0.4 is 10.0 Å². The highest BCUT2D eigenvalue weighted by atomic mass is 32.2. The normalized spacial score (nSPS) is 32.1. The molecule has 3 unspecified atom stereocenters. The lowest BCUT2D eigenvalue weighted by Gasteiger charge is -2.35. The third-order valence-electron chi connectivity index (χ3n) is 4.43. The fourth-order valence-corrected chi connectivity index (χ4v) is 4.88. The standard InChI is InChI=1S/C13H27N3O2S/c1-11-6-3-4-9-16(11)19(17,18)15-12(2)13-7-5-8-14-10-13/h11-15H,3-10H2,1-2H3. The SMILES string of the molecule is CC(NS(=O)(=O)N1CCCCC1C)C1CCCNC1. The first kappa shape index (κ1) is 15.2. The summed E-state index contributed by atoms with van der Waals surface area (Å²) in [6, 6.07) is 0.134. The molecule has 0 radical (unpaired) electrons. The van der Waals surface area contributed by atoms with E-state index in [1.54, 1.807) is 4.31 Å². The smallest absolute Gasteiger partial charge is 0.279 e. The monoisotopic (exact) mass is 289 g/mol. The Morgan fingerprint density at radius 3 is 2.68 bits per heavy atom. The number of nitrogens with one attached hydrogen (secondary N) is 2. The first-order valence-electron chi connectivity index (χ1n) is 7.50. The van der Waals surface area contributed by atoms with Crippen LogP contribution in [0.5, 0.6) is 0 Å². The number of piperidine rings is 2. The molecule has 2 saturated heterocycles. The molecule has 6 heteroatoms. The Hall–Kier alpha value is -0.170. The second kappa shape index (κ2) is 6.52. The molecule has 0 spiro atoms. The molecule has 0 aromatic rings. The molecule has 0 aromatic heterocycles. The summed E-state index contributed by atoms with van der Waals surface area (Å²) in [5.74, 6) is 0.406. The molecule has 0 amide bonds. The zero-order valence-electron chi connectivity index (χ0n) is 12.1. The summed E-state index contributed by atoms with van der Waals surface area (Å²) in [6.07, 6.45) is 5.32. The maximum Gasteiger partial charge on any atom is 0.279 e. The van der Waals surface area contributed by atoms with Gasteiger partial charge < -0.3 is 5.32 Å². The summed E-state index contributed by atoms with van der Waals surface area (Å²) in [7, 11) is -3.33. The third-order valence-corrected chi connectivity index (χ3v) is 6.26. The third kappa shape index (κ3) is 3.90. The lowest BCUT2D eigenvalue weighted by Crippen LogP contribution is -2.52. The number of hydrogen-bond acceptors (Lipinski definition) is 3. The van der Waals surface area contributed by atoms with Gasteiger partial charge in [-0.1, -0.05) is 6.42 Å². The van der Waals surface area contributed by atoms with Crippen molar-refractivity contribution in [1.82, 2.24) is 14.3 Å². The maximum atomic E-state index is 12.4. The highest BCUT2D eigenvalue weighted by Gasteiger charge is 2.32. The lowest BCUT2D eigenvalue weighted by molar-refractivity contribution is 0.257. The second-order valence-corrected chi connectivity index (χ2v) is 7.63. The van der Waals surface area contributed by atoms with E-state index in [1.165, 1.54) is 0 Å². The molecule has 2 N–H and O–H groups in total. The molecule has 0 aliphatic carbocycles. The summed E-state index contributed by atoms with van der Waals surface area (Å²) in [5, 5.41) is 3.34. The van der Waals surface area contributed by atoms with Gasteiger partial charge in [0.15, 0.2) is 0 Å². The summed E-state index contributed by atoms with van der Waals surface area (Å²) < 4.78 is 29.4. The van der Waals surface area contributed by atoms with Gasteiger partial charge in [0.2, 0.25) is 0 Å². The Kier molecular flexibility index (Phi) is 5.22. The van der Waals surface area contributed by atoms with Crippen LogP contribution in [-0.4, -0.2) is 44.4 Å². The van der Waals surface area contributed by atoms with E-state index in [9.17, 15) is 8.42 Å². The van der Waals surface area contributed by atoms with Crippen molar-refractivity contribution in [1.29, 1.82) is 0 Å². The van der Waals surface area contributed by atoms with Crippen molar-refractivity contribution >= 4 is 10.2 Å². The van der Waals surface area contributed by atoms with Gasteiger partial charge in [0.1, 0.15) is 0 Å². The summed E-state index contributed by atoms with van der Waals surface area (Å²) in [5.41, 5.74) is 0. The van der Waals surface area contributed by atoms with Crippen molar-refractivity contribution in [3.8, 4) is 0 Å². The highest BCUT2D eigenvalue weighted by molar-refractivity contribution is 7.87. The van der Waals surface area contributed by atoms with E-state index in [2.05, 4.69) is 10.0 Å². The molecule has 0 saturated carbocycles. The zero-order valence-corrected chi connectivity index (χ0v) is 12.9. The molecule has 112 valence electrons. The molecule has 5 nitrogen and oxygen atoms in total. The van der Waals surface area contributed by atoms with Crippen molar-refractivity contribution < 1.29 is 8.42 Å². The molecular weight excluding hydrogens is 262 g/mol. The van der Waals surface area contributed by atoms with Crippen molar-refractivity contribution in [2.75, 3.05) is 19.6 Å². The topological polar surface area (TPSA) is 61.4 Å². The molecule has 0 aromatic carbocycles. The number of hydrogen-bond donors (Lipinski definition) is 2. The second-order valence-electron chi connectivity index (χ2n) is 5.97. The fourth-order valence-electron chi connectivity index (χ4n) is 3.13. The van der Waals surface area contributed by atoms with E-state index >= 15 is 0 Å². The molecule has 2 aliphatic heterocycles. The van der Waals surface area contributed by atoms with Gasteiger partial charge in [-0.3, -0.25) is 0 Å². The molecular formula is C13H27N3O2S. The average molecular weight is 289 g/mol. The quantitative estimate of drug-likeness (QED) is 0.814. The molecule has 3 atom stereocenters. The summed E-state index contributed by atoms with van der Waals surface area (Å²) in [6.45, 7) is 6.62. The molecule has 2 fully saturated rings. The molecule has 2 aliphatic rings. The number of nitrogens with zero attached hydrogens (tertiary/aromatic N) is 1. The van der Waals surface area contributed by atoms with Crippen LogP contribution in [0.2, 0.25) is 0 Å². The molecule has 19 heavy (non-hydrogen) atoms. The first-order chi connectivity index (χ1) is 9.00. The number of rotatable bonds is 4. The largest absolute Gasteiger partial charge is 0.316 e.